The first kappa shape index (κ1) is 21.1. The van der Waals surface area contributed by atoms with Gasteiger partial charge in [0.2, 0.25) is 10.0 Å². The molecule has 1 saturated carbocycles. The van der Waals surface area contributed by atoms with Gasteiger partial charge >= 0.3 is 0 Å². The lowest BCUT2D eigenvalue weighted by Gasteiger charge is -2.28. The predicted molar refractivity (Wildman–Crippen MR) is 101 cm³/mol. The van der Waals surface area contributed by atoms with Gasteiger partial charge in [0.05, 0.1) is 18.1 Å². The Morgan fingerprint density at radius 1 is 1.15 bits per heavy atom. The molecular weight excluding hydrogens is 378 g/mol. The van der Waals surface area contributed by atoms with Crippen LogP contribution < -0.4 is 10.5 Å². The molecule has 1 aromatic carbocycles. The quantitative estimate of drug-likeness (QED) is 0.767. The smallest absolute Gasteiger partial charge is 0.254 e. The van der Waals surface area contributed by atoms with Crippen molar-refractivity contribution in [3.63, 3.8) is 0 Å². The van der Waals surface area contributed by atoms with Crippen LogP contribution in [0.3, 0.4) is 0 Å². The van der Waals surface area contributed by atoms with Gasteiger partial charge in [0.25, 0.3) is 5.91 Å². The molecule has 0 bridgehead atoms. The highest BCUT2D eigenvalue weighted by atomic mass is 35.5. The van der Waals surface area contributed by atoms with Gasteiger partial charge < -0.3 is 15.4 Å². The van der Waals surface area contributed by atoms with E-state index in [0.29, 0.717) is 38.4 Å². The Balaban J connectivity index is 0.00000243. The van der Waals surface area contributed by atoms with Crippen LogP contribution in [0.1, 0.15) is 36.0 Å². The van der Waals surface area contributed by atoms with Gasteiger partial charge in [-0.1, -0.05) is 12.8 Å². The molecule has 0 aromatic heterocycles. The van der Waals surface area contributed by atoms with Crippen molar-refractivity contribution in [2.45, 2.75) is 36.1 Å². The maximum Gasteiger partial charge on any atom is 0.254 e. The van der Waals surface area contributed by atoms with E-state index in [1.165, 1.54) is 12.1 Å². The number of rotatable bonds is 5. The molecule has 0 spiro atoms. The number of carbonyl (C=O) groups excluding carboxylic acids is 1. The Morgan fingerprint density at radius 2 is 1.73 bits per heavy atom. The van der Waals surface area contributed by atoms with Crippen LogP contribution in [0.15, 0.2) is 29.2 Å². The number of carbonyl (C=O) groups is 1. The Bertz CT molecular complexity index is 712. The minimum atomic E-state index is -3.66. The highest BCUT2D eigenvalue weighted by Crippen LogP contribution is 2.30. The Hall–Kier alpha value is -1.19. The van der Waals surface area contributed by atoms with Crippen LogP contribution in [-0.2, 0) is 14.8 Å². The summed E-state index contributed by atoms with van der Waals surface area (Å²) in [4.78, 5) is 14.3. The van der Waals surface area contributed by atoms with Crippen molar-refractivity contribution in [2.24, 2.45) is 5.73 Å². The topological polar surface area (TPSA) is 102 Å². The van der Waals surface area contributed by atoms with Crippen molar-refractivity contribution in [3.8, 4) is 0 Å². The second kappa shape index (κ2) is 8.67. The number of hydrogen-bond acceptors (Lipinski definition) is 5. The van der Waals surface area contributed by atoms with Gasteiger partial charge in [0.15, 0.2) is 0 Å². The van der Waals surface area contributed by atoms with Crippen LogP contribution in [-0.4, -0.2) is 57.6 Å². The van der Waals surface area contributed by atoms with Gasteiger partial charge in [0, 0.05) is 30.7 Å². The SMILES string of the molecule is Cl.NCC1(NS(=O)(=O)c2ccc(C(=O)N3CCOCC3)cc2)CCCC1. The first-order valence-electron chi connectivity index (χ1n) is 8.67. The normalized spacial score (nSPS) is 19.8. The van der Waals surface area contributed by atoms with E-state index >= 15 is 0 Å². The van der Waals surface area contributed by atoms with E-state index in [2.05, 4.69) is 4.72 Å². The van der Waals surface area contributed by atoms with Gasteiger partial charge in [-0.25, -0.2) is 13.1 Å². The summed E-state index contributed by atoms with van der Waals surface area (Å²) in [6, 6.07) is 6.09. The molecule has 1 saturated heterocycles. The Kier molecular flexibility index (Phi) is 7.04. The molecule has 3 N–H and O–H groups in total. The highest BCUT2D eigenvalue weighted by molar-refractivity contribution is 7.89. The van der Waals surface area contributed by atoms with E-state index in [1.54, 1.807) is 17.0 Å². The van der Waals surface area contributed by atoms with Gasteiger partial charge in [-0.2, -0.15) is 0 Å². The summed E-state index contributed by atoms with van der Waals surface area (Å²) in [7, 11) is -3.66. The molecule has 0 atom stereocenters. The summed E-state index contributed by atoms with van der Waals surface area (Å²) < 4.78 is 33.3. The summed E-state index contributed by atoms with van der Waals surface area (Å²) >= 11 is 0. The third kappa shape index (κ3) is 4.55. The predicted octanol–water partition coefficient (Wildman–Crippen LogP) is 1.13. The fourth-order valence-corrected chi connectivity index (χ4v) is 4.94. The second-order valence-corrected chi connectivity index (χ2v) is 8.41. The average molecular weight is 404 g/mol. The van der Waals surface area contributed by atoms with Crippen molar-refractivity contribution in [1.82, 2.24) is 9.62 Å². The molecule has 9 heteroatoms. The third-order valence-corrected chi connectivity index (χ3v) is 6.61. The van der Waals surface area contributed by atoms with Gasteiger partial charge in [-0.05, 0) is 37.1 Å². The lowest BCUT2D eigenvalue weighted by atomic mass is 10.0. The first-order chi connectivity index (χ1) is 12.0. The van der Waals surface area contributed by atoms with Crippen molar-refractivity contribution < 1.29 is 17.9 Å². The molecule has 26 heavy (non-hydrogen) atoms. The number of benzene rings is 1. The molecule has 1 aliphatic carbocycles. The summed E-state index contributed by atoms with van der Waals surface area (Å²) in [5.41, 5.74) is 5.75. The molecule has 1 aromatic rings. The van der Waals surface area contributed by atoms with E-state index in [9.17, 15) is 13.2 Å². The maximum absolute atomic E-state index is 12.7. The van der Waals surface area contributed by atoms with E-state index < -0.39 is 15.6 Å². The van der Waals surface area contributed by atoms with Crippen LogP contribution in [0.4, 0.5) is 0 Å². The van der Waals surface area contributed by atoms with Crippen molar-refractivity contribution in [3.05, 3.63) is 29.8 Å². The van der Waals surface area contributed by atoms with Gasteiger partial charge in [-0.3, -0.25) is 4.79 Å². The largest absolute Gasteiger partial charge is 0.378 e. The Labute approximate surface area is 160 Å². The van der Waals surface area contributed by atoms with E-state index in [0.717, 1.165) is 25.7 Å². The van der Waals surface area contributed by atoms with Gasteiger partial charge in [-0.15, -0.1) is 12.4 Å². The fourth-order valence-electron chi connectivity index (χ4n) is 3.47. The lowest BCUT2D eigenvalue weighted by molar-refractivity contribution is 0.0303. The number of amides is 1. The zero-order chi connectivity index (χ0) is 17.9. The second-order valence-electron chi connectivity index (χ2n) is 6.73. The molecule has 1 heterocycles. The van der Waals surface area contributed by atoms with Crippen LogP contribution in [0.2, 0.25) is 0 Å². The number of ether oxygens (including phenoxy) is 1. The van der Waals surface area contributed by atoms with Crippen LogP contribution >= 0.6 is 12.4 Å². The molecule has 7 nitrogen and oxygen atoms in total. The van der Waals surface area contributed by atoms with Crippen molar-refractivity contribution in [2.75, 3.05) is 32.8 Å². The lowest BCUT2D eigenvalue weighted by Crippen LogP contribution is -2.51. The number of morpholine rings is 1. The zero-order valence-electron chi connectivity index (χ0n) is 14.6. The van der Waals surface area contributed by atoms with Crippen LogP contribution in [0, 0.1) is 0 Å². The summed E-state index contributed by atoms with van der Waals surface area (Å²) in [6.45, 7) is 2.46. The molecule has 0 radical (unpaired) electrons. The number of nitrogens with one attached hydrogen (secondary N) is 1. The molecule has 2 fully saturated rings. The number of halogens is 1. The summed E-state index contributed by atoms with van der Waals surface area (Å²) in [5, 5.41) is 0. The molecule has 146 valence electrons. The van der Waals surface area contributed by atoms with Gasteiger partial charge in [0.1, 0.15) is 0 Å². The Morgan fingerprint density at radius 3 is 2.27 bits per heavy atom. The standard InChI is InChI=1S/C17H25N3O4S.ClH/c18-13-17(7-1-2-8-17)19-25(22,23)15-5-3-14(4-6-15)16(21)20-9-11-24-12-10-20;/h3-6,19H,1-2,7-13,18H2;1H. The number of nitrogens with two attached hydrogens (primary N) is 1. The first-order valence-corrected chi connectivity index (χ1v) is 10.2. The van der Waals surface area contributed by atoms with E-state index in [4.69, 9.17) is 10.5 Å². The van der Waals surface area contributed by atoms with E-state index in [1.807, 2.05) is 0 Å². The number of hydrogen-bond donors (Lipinski definition) is 2. The average Bonchev–Trinajstić information content (AvgIpc) is 3.10. The number of sulfonamides is 1. The fraction of sp³-hybridized carbons (Fsp3) is 0.588. The zero-order valence-corrected chi connectivity index (χ0v) is 16.3. The van der Waals surface area contributed by atoms with E-state index in [-0.39, 0.29) is 23.2 Å². The third-order valence-electron chi connectivity index (χ3n) is 5.01. The number of nitrogens with zero attached hydrogens (tertiary/aromatic N) is 1. The summed E-state index contributed by atoms with van der Waals surface area (Å²) in [5.74, 6) is -0.102. The summed E-state index contributed by atoms with van der Waals surface area (Å²) in [6.07, 6.45) is 3.48. The molecule has 1 aliphatic heterocycles. The monoisotopic (exact) mass is 403 g/mol. The molecular formula is C17H26ClN3O4S. The molecule has 1 amide bonds. The molecule has 0 unspecified atom stereocenters. The minimum Gasteiger partial charge on any atom is -0.378 e. The highest BCUT2D eigenvalue weighted by Gasteiger charge is 2.36. The maximum atomic E-state index is 12.7. The van der Waals surface area contributed by atoms with Crippen LogP contribution in [0.5, 0.6) is 0 Å². The molecule has 3 rings (SSSR count). The minimum absolute atomic E-state index is 0. The van der Waals surface area contributed by atoms with Crippen LogP contribution in [0.25, 0.3) is 0 Å². The van der Waals surface area contributed by atoms with Crippen molar-refractivity contribution in [1.29, 1.82) is 0 Å². The van der Waals surface area contributed by atoms with Crippen molar-refractivity contribution >= 4 is 28.3 Å². The molecule has 2 aliphatic rings.